The summed E-state index contributed by atoms with van der Waals surface area (Å²) in [6.07, 6.45) is -0.546. The highest BCUT2D eigenvalue weighted by Gasteiger charge is 2.29. The zero-order chi connectivity index (χ0) is 28.8. The van der Waals surface area contributed by atoms with Crippen molar-refractivity contribution in [2.24, 2.45) is 10.9 Å². The predicted molar refractivity (Wildman–Crippen MR) is 142 cm³/mol. The lowest BCUT2D eigenvalue weighted by molar-refractivity contribution is -0.148. The number of hydrogen-bond acceptors (Lipinski definition) is 12. The first kappa shape index (κ1) is 28.8. The van der Waals surface area contributed by atoms with E-state index in [2.05, 4.69) is 15.2 Å². The molecular weight excluding hydrogens is 524 g/mol. The molecule has 0 aromatic heterocycles. The number of phenolic OH excluding ortho intramolecular Hbond substituents is 4. The summed E-state index contributed by atoms with van der Waals surface area (Å²) < 4.78 is 5.88. The molecule has 12 heteroatoms. The quantitative estimate of drug-likeness (QED) is 0.0635. The van der Waals surface area contributed by atoms with Gasteiger partial charge in [-0.25, -0.2) is 5.26 Å². The largest absolute Gasteiger partial charge is 0.508 e. The molecule has 1 saturated heterocycles. The number of carbonyl (C=O) groups is 1. The van der Waals surface area contributed by atoms with E-state index in [1.165, 1.54) is 36.5 Å². The Morgan fingerprint density at radius 1 is 0.950 bits per heavy atom. The van der Waals surface area contributed by atoms with Crippen LogP contribution in [0.2, 0.25) is 0 Å². The maximum Gasteiger partial charge on any atom is 0.208 e. The minimum atomic E-state index is -1.61. The van der Waals surface area contributed by atoms with Crippen LogP contribution in [0.5, 0.6) is 28.7 Å². The van der Waals surface area contributed by atoms with Gasteiger partial charge in [0.1, 0.15) is 34.1 Å². The van der Waals surface area contributed by atoms with Crippen molar-refractivity contribution < 1.29 is 50.3 Å². The molecule has 1 aliphatic heterocycles. The number of nitrogens with one attached hydrogen (secondary N) is 1. The van der Waals surface area contributed by atoms with E-state index < -0.39 is 52.8 Å². The van der Waals surface area contributed by atoms with Crippen molar-refractivity contribution in [1.82, 2.24) is 5.32 Å². The number of aliphatic hydroxyl groups excluding tert-OH is 2. The second-order valence-electron chi connectivity index (χ2n) is 9.31. The SMILES string of the molecule is O=C(c1c(O)cc(C(O)O[C@@H]2CCCNCC2/C=N/C(O)c2ccc(O)cc2)cc1O)c1c(O)cccc1OO. The molecule has 0 radical (unpaired) electrons. The molecular formula is C28H30N2O10. The summed E-state index contributed by atoms with van der Waals surface area (Å²) in [5, 5.41) is 74.2. The van der Waals surface area contributed by atoms with Crippen LogP contribution in [-0.2, 0) is 4.74 Å². The Balaban J connectivity index is 1.52. The van der Waals surface area contributed by atoms with Gasteiger partial charge < -0.3 is 45.6 Å². The predicted octanol–water partition coefficient (Wildman–Crippen LogP) is 2.73. The number of phenols is 4. The zero-order valence-corrected chi connectivity index (χ0v) is 21.2. The summed E-state index contributed by atoms with van der Waals surface area (Å²) in [4.78, 5) is 21.3. The molecule has 40 heavy (non-hydrogen) atoms. The molecule has 0 amide bonds. The van der Waals surface area contributed by atoms with Gasteiger partial charge in [0.05, 0.1) is 6.10 Å². The van der Waals surface area contributed by atoms with Gasteiger partial charge in [0.2, 0.25) is 5.78 Å². The third-order valence-electron chi connectivity index (χ3n) is 6.57. The zero-order valence-electron chi connectivity index (χ0n) is 21.2. The highest BCUT2D eigenvalue weighted by Crippen LogP contribution is 2.38. The van der Waals surface area contributed by atoms with Gasteiger partial charge in [-0.3, -0.25) is 9.79 Å². The van der Waals surface area contributed by atoms with Crippen LogP contribution < -0.4 is 10.2 Å². The molecule has 1 fully saturated rings. The van der Waals surface area contributed by atoms with E-state index in [1.54, 1.807) is 12.1 Å². The highest BCUT2D eigenvalue weighted by atomic mass is 17.1. The summed E-state index contributed by atoms with van der Waals surface area (Å²) in [7, 11) is 0. The van der Waals surface area contributed by atoms with Crippen LogP contribution in [0.1, 0.15) is 52.4 Å². The Labute approximate surface area is 229 Å². The minimum absolute atomic E-state index is 0.0421. The smallest absolute Gasteiger partial charge is 0.208 e. The first-order valence-electron chi connectivity index (χ1n) is 12.5. The summed E-state index contributed by atoms with van der Waals surface area (Å²) >= 11 is 0. The van der Waals surface area contributed by atoms with Crippen molar-refractivity contribution in [3.05, 3.63) is 76.9 Å². The Bertz CT molecular complexity index is 1340. The standard InChI is InChI=1S/C28H30N2O10/c31-18-8-6-15(7-9-18)27(36)30-14-17-13-29-10-2-5-22(17)39-28(37)16-11-20(33)24(21(34)12-16)26(35)25-19(32)3-1-4-23(25)40-38/h1,3-4,6-9,11-12,14,17,22,27-29,31-34,36-38H,2,5,10,13H2/b30-14+/t17?,22-,27?,28?/m1/s1. The third kappa shape index (κ3) is 6.50. The van der Waals surface area contributed by atoms with Gasteiger partial charge in [0, 0.05) is 29.8 Å². The summed E-state index contributed by atoms with van der Waals surface area (Å²) in [6, 6.07) is 11.8. The number of aromatic hydroxyl groups is 4. The van der Waals surface area contributed by atoms with Crippen molar-refractivity contribution in [2.45, 2.75) is 31.5 Å². The maximum absolute atomic E-state index is 13.0. The topological polar surface area (TPSA) is 202 Å². The van der Waals surface area contributed by atoms with Gasteiger partial charge in [-0.15, -0.1) is 0 Å². The van der Waals surface area contributed by atoms with Gasteiger partial charge >= 0.3 is 0 Å². The van der Waals surface area contributed by atoms with Crippen LogP contribution in [0.25, 0.3) is 0 Å². The average Bonchev–Trinajstić information content (AvgIpc) is 3.16. The van der Waals surface area contributed by atoms with E-state index >= 15 is 0 Å². The summed E-state index contributed by atoms with van der Waals surface area (Å²) in [5.74, 6) is -3.66. The minimum Gasteiger partial charge on any atom is -0.508 e. The second-order valence-corrected chi connectivity index (χ2v) is 9.31. The van der Waals surface area contributed by atoms with E-state index in [0.717, 1.165) is 18.6 Å². The van der Waals surface area contributed by atoms with Crippen molar-refractivity contribution in [2.75, 3.05) is 13.1 Å². The number of aliphatic hydroxyl groups is 2. The monoisotopic (exact) mass is 554 g/mol. The molecule has 3 unspecified atom stereocenters. The molecule has 1 aliphatic rings. The molecule has 8 N–H and O–H groups in total. The lowest BCUT2D eigenvalue weighted by Gasteiger charge is -2.26. The van der Waals surface area contributed by atoms with Gasteiger partial charge in [0.15, 0.2) is 18.3 Å². The molecule has 4 rings (SSSR count). The van der Waals surface area contributed by atoms with E-state index in [-0.39, 0.29) is 23.0 Å². The lowest BCUT2D eigenvalue weighted by Crippen LogP contribution is -2.32. The van der Waals surface area contributed by atoms with Crippen molar-refractivity contribution in [3.8, 4) is 28.7 Å². The Morgan fingerprint density at radius 3 is 2.33 bits per heavy atom. The Hall–Kier alpha value is -4.20. The van der Waals surface area contributed by atoms with Crippen LogP contribution in [0, 0.1) is 5.92 Å². The third-order valence-corrected chi connectivity index (χ3v) is 6.57. The first-order valence-corrected chi connectivity index (χ1v) is 12.5. The number of benzene rings is 3. The number of ether oxygens (including phenoxy) is 1. The molecule has 3 aromatic carbocycles. The van der Waals surface area contributed by atoms with Gasteiger partial charge in [0.25, 0.3) is 0 Å². The number of ketones is 1. The second kappa shape index (κ2) is 12.8. The fourth-order valence-electron chi connectivity index (χ4n) is 4.49. The molecule has 12 nitrogen and oxygen atoms in total. The fraction of sp³-hybridized carbons (Fsp3) is 0.286. The summed E-state index contributed by atoms with van der Waals surface area (Å²) in [6.45, 7) is 1.15. The normalized spacial score (nSPS) is 19.2. The maximum atomic E-state index is 13.0. The fourth-order valence-corrected chi connectivity index (χ4v) is 4.49. The van der Waals surface area contributed by atoms with Crippen LogP contribution in [0.4, 0.5) is 0 Å². The van der Waals surface area contributed by atoms with Crippen molar-refractivity contribution in [3.63, 3.8) is 0 Å². The number of hydrogen-bond donors (Lipinski definition) is 8. The van der Waals surface area contributed by atoms with Crippen molar-refractivity contribution in [1.29, 1.82) is 0 Å². The van der Waals surface area contributed by atoms with Crippen LogP contribution in [-0.4, -0.2) is 67.1 Å². The number of rotatable bonds is 9. The lowest BCUT2D eigenvalue weighted by atomic mass is 9.97. The Kier molecular flexibility index (Phi) is 9.19. The van der Waals surface area contributed by atoms with E-state index in [0.29, 0.717) is 25.1 Å². The van der Waals surface area contributed by atoms with Gasteiger partial charge in [-0.1, -0.05) is 18.2 Å². The van der Waals surface area contributed by atoms with Gasteiger partial charge in [-0.05, 0) is 55.8 Å². The Morgan fingerprint density at radius 2 is 1.65 bits per heavy atom. The van der Waals surface area contributed by atoms with E-state index in [1.807, 2.05) is 0 Å². The number of aliphatic imine (C=N–C) groups is 1. The van der Waals surface area contributed by atoms with Crippen molar-refractivity contribution >= 4 is 12.0 Å². The molecule has 0 saturated carbocycles. The molecule has 4 atom stereocenters. The molecule has 1 heterocycles. The first-order chi connectivity index (χ1) is 19.2. The highest BCUT2D eigenvalue weighted by molar-refractivity contribution is 6.15. The molecule has 0 bridgehead atoms. The van der Waals surface area contributed by atoms with Gasteiger partial charge in [-0.2, -0.15) is 0 Å². The molecule has 212 valence electrons. The van der Waals surface area contributed by atoms with Crippen LogP contribution in [0.3, 0.4) is 0 Å². The summed E-state index contributed by atoms with van der Waals surface area (Å²) in [5.41, 5.74) is -0.625. The number of nitrogens with zero attached hydrogens (tertiary/aromatic N) is 1. The van der Waals surface area contributed by atoms with E-state index in [9.17, 15) is 35.4 Å². The molecule has 0 aliphatic carbocycles. The van der Waals surface area contributed by atoms with E-state index in [4.69, 9.17) is 9.99 Å². The molecule has 3 aromatic rings. The molecule has 0 spiro atoms. The average molecular weight is 555 g/mol. The van der Waals surface area contributed by atoms with Crippen LogP contribution >= 0.6 is 0 Å². The number of carbonyl (C=O) groups excluding carboxylic acids is 1. The van der Waals surface area contributed by atoms with Crippen LogP contribution in [0.15, 0.2) is 59.6 Å².